The van der Waals surface area contributed by atoms with Gasteiger partial charge in [-0.3, -0.25) is 0 Å². The molecule has 29 heavy (non-hydrogen) atoms. The number of aromatic hydroxyl groups is 1. The predicted octanol–water partition coefficient (Wildman–Crippen LogP) is 6.20. The molecule has 1 aromatic rings. The monoisotopic (exact) mass is 421 g/mol. The molecule has 0 bridgehead atoms. The second-order valence-corrected chi connectivity index (χ2v) is 13.0. The Balaban J connectivity index is 2.28. The molecule has 1 aliphatic carbocycles. The van der Waals surface area contributed by atoms with Crippen LogP contribution in [0.15, 0.2) is 12.1 Å². The summed E-state index contributed by atoms with van der Waals surface area (Å²) in [6.07, 6.45) is 3.42. The molecule has 0 saturated heterocycles. The fourth-order valence-electron chi connectivity index (χ4n) is 4.45. The summed E-state index contributed by atoms with van der Waals surface area (Å²) in [6, 6.07) is 4.21. The summed E-state index contributed by atoms with van der Waals surface area (Å²) in [4.78, 5) is 0. The summed E-state index contributed by atoms with van der Waals surface area (Å²) < 4.78 is 16.5. The van der Waals surface area contributed by atoms with Crippen molar-refractivity contribution >= 4 is 11.0 Å². The van der Waals surface area contributed by atoms with Crippen molar-refractivity contribution in [2.75, 3.05) is 0 Å². The van der Waals surface area contributed by atoms with E-state index in [0.717, 1.165) is 24.0 Å². The fraction of sp³-hybridized carbons (Fsp3) is 0.760. The summed E-state index contributed by atoms with van der Waals surface area (Å²) in [6.45, 7) is 20.2. The maximum absolute atomic E-state index is 13.2. The first kappa shape index (κ1) is 24.4. The average Bonchev–Trinajstić information content (AvgIpc) is 2.58. The highest BCUT2D eigenvalue weighted by molar-refractivity contribution is 7.83. The molecule has 2 rings (SSSR count). The second kappa shape index (κ2) is 9.09. The lowest BCUT2D eigenvalue weighted by Gasteiger charge is -2.36. The van der Waals surface area contributed by atoms with Gasteiger partial charge in [0.25, 0.3) is 0 Å². The van der Waals surface area contributed by atoms with E-state index in [1.54, 1.807) is 0 Å². The Bertz CT molecular complexity index is 728. The minimum atomic E-state index is -1.10. The van der Waals surface area contributed by atoms with Gasteiger partial charge in [-0.2, -0.15) is 0 Å². The number of phenols is 1. The van der Waals surface area contributed by atoms with Gasteiger partial charge in [0.1, 0.15) is 5.75 Å². The average molecular weight is 422 g/mol. The zero-order valence-corrected chi connectivity index (χ0v) is 20.9. The van der Waals surface area contributed by atoms with Crippen LogP contribution in [0.5, 0.6) is 5.75 Å². The lowest BCUT2D eigenvalue weighted by Crippen LogP contribution is -2.40. The first-order valence-electron chi connectivity index (χ1n) is 11.2. The van der Waals surface area contributed by atoms with Crippen molar-refractivity contribution in [3.63, 3.8) is 0 Å². The van der Waals surface area contributed by atoms with Crippen LogP contribution in [-0.2, 0) is 28.4 Å². The molecule has 0 unspecified atom stereocenters. The van der Waals surface area contributed by atoms with Gasteiger partial charge in [-0.1, -0.05) is 80.9 Å². The van der Waals surface area contributed by atoms with Crippen LogP contribution in [0.4, 0.5) is 0 Å². The summed E-state index contributed by atoms with van der Waals surface area (Å²) in [5.74, 6) is 2.01. The third-order valence-electron chi connectivity index (χ3n) is 6.50. The largest absolute Gasteiger partial charge is 0.507 e. The Labute approximate surface area is 181 Å². The standard InChI is InChI=1S/C25H43NO2S/c1-16(2)20-11-10-17(3)12-22(20)29(28)26-15-18-13-19(24(4,5)6)14-21(23(18)27)25(7,8)9/h13-14,16-17,20,22,26-27H,10-12,15H2,1-9H3/t17-,20+,22+,29+/m1/s1. The van der Waals surface area contributed by atoms with E-state index < -0.39 is 11.0 Å². The van der Waals surface area contributed by atoms with Crippen LogP contribution in [0, 0.1) is 17.8 Å². The van der Waals surface area contributed by atoms with E-state index in [1.807, 2.05) is 0 Å². The van der Waals surface area contributed by atoms with Gasteiger partial charge in [0.15, 0.2) is 0 Å². The number of rotatable bonds is 5. The van der Waals surface area contributed by atoms with Crippen LogP contribution in [0.2, 0.25) is 0 Å². The summed E-state index contributed by atoms with van der Waals surface area (Å²) in [5.41, 5.74) is 2.85. The van der Waals surface area contributed by atoms with Gasteiger partial charge in [-0.05, 0) is 52.6 Å². The lowest BCUT2D eigenvalue weighted by atomic mass is 9.77. The molecule has 0 spiro atoms. The molecule has 0 aromatic heterocycles. The zero-order chi connectivity index (χ0) is 22.1. The summed E-state index contributed by atoms with van der Waals surface area (Å²) >= 11 is 0. The summed E-state index contributed by atoms with van der Waals surface area (Å²) in [7, 11) is -1.10. The molecule has 0 heterocycles. The minimum Gasteiger partial charge on any atom is -0.507 e. The van der Waals surface area contributed by atoms with Crippen molar-refractivity contribution in [2.24, 2.45) is 17.8 Å². The van der Waals surface area contributed by atoms with Crippen LogP contribution in [0.25, 0.3) is 0 Å². The molecular formula is C25H43NO2S. The number of nitrogens with one attached hydrogen (secondary N) is 1. The third-order valence-corrected chi connectivity index (χ3v) is 8.02. The van der Waals surface area contributed by atoms with Gasteiger partial charge < -0.3 is 5.11 Å². The Hall–Kier alpha value is -0.870. The normalized spacial score (nSPS) is 24.7. The molecule has 1 fully saturated rings. The maximum Gasteiger partial charge on any atom is 0.123 e. The molecule has 1 saturated carbocycles. The molecule has 3 nitrogen and oxygen atoms in total. The van der Waals surface area contributed by atoms with Crippen molar-refractivity contribution in [1.29, 1.82) is 0 Å². The zero-order valence-electron chi connectivity index (χ0n) is 20.1. The molecule has 0 amide bonds. The van der Waals surface area contributed by atoms with Crippen LogP contribution < -0.4 is 4.72 Å². The highest BCUT2D eigenvalue weighted by atomic mass is 32.2. The Morgan fingerprint density at radius 1 is 1.10 bits per heavy atom. The quantitative estimate of drug-likeness (QED) is 0.594. The fourth-order valence-corrected chi connectivity index (χ4v) is 6.23. The van der Waals surface area contributed by atoms with Gasteiger partial charge in [0.2, 0.25) is 0 Å². The number of phenolic OH excluding ortho intramolecular Hbond substituents is 1. The smallest absolute Gasteiger partial charge is 0.123 e. The topological polar surface area (TPSA) is 49.3 Å². The first-order valence-corrected chi connectivity index (χ1v) is 12.4. The molecule has 166 valence electrons. The van der Waals surface area contributed by atoms with E-state index in [9.17, 15) is 9.32 Å². The number of hydrogen-bond acceptors (Lipinski definition) is 2. The van der Waals surface area contributed by atoms with Crippen molar-refractivity contribution < 1.29 is 9.32 Å². The third kappa shape index (κ3) is 6.07. The first-order chi connectivity index (χ1) is 13.2. The van der Waals surface area contributed by atoms with Gasteiger partial charge in [0, 0.05) is 12.1 Å². The minimum absolute atomic E-state index is 0.0108. The maximum atomic E-state index is 13.2. The van der Waals surface area contributed by atoms with Crippen molar-refractivity contribution in [3.8, 4) is 5.75 Å². The molecule has 4 heteroatoms. The van der Waals surface area contributed by atoms with E-state index >= 15 is 0 Å². The van der Waals surface area contributed by atoms with Crippen molar-refractivity contribution in [3.05, 3.63) is 28.8 Å². The Morgan fingerprint density at radius 2 is 1.72 bits per heavy atom. The van der Waals surface area contributed by atoms with E-state index in [0.29, 0.717) is 30.0 Å². The van der Waals surface area contributed by atoms with E-state index in [-0.39, 0.29) is 16.1 Å². The van der Waals surface area contributed by atoms with E-state index in [2.05, 4.69) is 79.2 Å². The molecule has 0 aliphatic heterocycles. The number of hydrogen-bond donors (Lipinski definition) is 2. The highest BCUT2D eigenvalue weighted by Crippen LogP contribution is 2.39. The SMILES string of the molecule is CC(C)[C@@H]1CC[C@@H](C)C[C@@H]1[S@](=O)NCc1cc(C(C)(C)C)cc(C(C)(C)C)c1O. The Kier molecular flexibility index (Phi) is 7.65. The molecular weight excluding hydrogens is 378 g/mol. The van der Waals surface area contributed by atoms with Crippen LogP contribution >= 0.6 is 0 Å². The number of benzene rings is 1. The predicted molar refractivity (Wildman–Crippen MR) is 126 cm³/mol. The van der Waals surface area contributed by atoms with Crippen LogP contribution in [0.3, 0.4) is 0 Å². The summed E-state index contributed by atoms with van der Waals surface area (Å²) in [5, 5.41) is 11.2. The van der Waals surface area contributed by atoms with Gasteiger partial charge in [-0.25, -0.2) is 8.93 Å². The van der Waals surface area contributed by atoms with Crippen molar-refractivity contribution in [2.45, 2.75) is 104 Å². The van der Waals surface area contributed by atoms with Gasteiger partial charge in [-0.15, -0.1) is 0 Å². The van der Waals surface area contributed by atoms with Crippen molar-refractivity contribution in [1.82, 2.24) is 4.72 Å². The van der Waals surface area contributed by atoms with Crippen LogP contribution in [-0.4, -0.2) is 14.6 Å². The van der Waals surface area contributed by atoms with E-state index in [1.165, 1.54) is 12.0 Å². The molecule has 2 N–H and O–H groups in total. The molecule has 0 radical (unpaired) electrons. The van der Waals surface area contributed by atoms with Crippen LogP contribution in [0.1, 0.15) is 98.3 Å². The van der Waals surface area contributed by atoms with Gasteiger partial charge in [0.05, 0.1) is 16.2 Å². The molecule has 1 aliphatic rings. The second-order valence-electron chi connectivity index (χ2n) is 11.5. The van der Waals surface area contributed by atoms with E-state index in [4.69, 9.17) is 0 Å². The Morgan fingerprint density at radius 3 is 2.24 bits per heavy atom. The molecule has 1 aromatic carbocycles. The highest BCUT2D eigenvalue weighted by Gasteiger charge is 2.35. The molecule has 4 atom stereocenters. The van der Waals surface area contributed by atoms with Gasteiger partial charge >= 0.3 is 0 Å². The lowest BCUT2D eigenvalue weighted by molar-refractivity contribution is 0.240.